The quantitative estimate of drug-likeness (QED) is 0.742. The zero-order valence-corrected chi connectivity index (χ0v) is 12.1. The lowest BCUT2D eigenvalue weighted by atomic mass is 10.1. The van der Waals surface area contributed by atoms with Crippen molar-refractivity contribution in [1.29, 1.82) is 0 Å². The molecule has 1 aromatic heterocycles. The van der Waals surface area contributed by atoms with Crippen LogP contribution < -0.4 is 5.73 Å². The van der Waals surface area contributed by atoms with E-state index in [0.29, 0.717) is 0 Å². The molecule has 3 rings (SSSR count). The van der Waals surface area contributed by atoms with Crippen molar-refractivity contribution >= 4 is 28.3 Å². The highest BCUT2D eigenvalue weighted by Crippen LogP contribution is 2.22. The lowest BCUT2D eigenvalue weighted by molar-refractivity contribution is 0.733. The molecule has 4 heteroatoms. The number of benzene rings is 2. The second-order valence-corrected chi connectivity index (χ2v) is 5.26. The first kappa shape index (κ1) is 13.0. The Kier molecular flexibility index (Phi) is 3.36. The minimum atomic E-state index is 0.742. The number of imidazole rings is 1. The molecule has 0 radical (unpaired) electrons. The van der Waals surface area contributed by atoms with Gasteiger partial charge < -0.3 is 10.3 Å². The first-order chi connectivity index (χ1) is 9.67. The normalized spacial score (nSPS) is 11.1. The van der Waals surface area contributed by atoms with Crippen LogP contribution in [0.15, 0.2) is 42.5 Å². The van der Waals surface area contributed by atoms with E-state index in [1.807, 2.05) is 42.5 Å². The fraction of sp³-hybridized carbons (Fsp3) is 0.188. The van der Waals surface area contributed by atoms with Gasteiger partial charge in [-0.15, -0.1) is 0 Å². The zero-order valence-electron chi connectivity index (χ0n) is 11.3. The highest BCUT2D eigenvalue weighted by Gasteiger charge is 2.10. The van der Waals surface area contributed by atoms with E-state index >= 15 is 0 Å². The van der Waals surface area contributed by atoms with Crippen LogP contribution in [0.1, 0.15) is 18.3 Å². The number of nitrogens with two attached hydrogens (primary N) is 1. The van der Waals surface area contributed by atoms with Crippen LogP contribution in [0.3, 0.4) is 0 Å². The molecule has 1 heterocycles. The molecule has 0 aliphatic carbocycles. The van der Waals surface area contributed by atoms with Gasteiger partial charge in [-0.05, 0) is 42.8 Å². The van der Waals surface area contributed by atoms with Gasteiger partial charge in [0.15, 0.2) is 0 Å². The molecule has 0 saturated carbocycles. The first-order valence-electron chi connectivity index (χ1n) is 6.66. The summed E-state index contributed by atoms with van der Waals surface area (Å²) in [5, 5.41) is 0.742. The van der Waals surface area contributed by atoms with E-state index in [0.717, 1.165) is 40.5 Å². The topological polar surface area (TPSA) is 43.8 Å². The summed E-state index contributed by atoms with van der Waals surface area (Å²) in [7, 11) is 0. The number of anilines is 1. The van der Waals surface area contributed by atoms with Gasteiger partial charge in [-0.1, -0.05) is 23.7 Å². The number of aryl methyl sites for hydroxylation is 1. The second-order valence-electron chi connectivity index (χ2n) is 4.82. The van der Waals surface area contributed by atoms with Crippen molar-refractivity contribution in [3.05, 3.63) is 58.9 Å². The lowest BCUT2D eigenvalue weighted by Crippen LogP contribution is -2.02. The number of rotatable bonds is 3. The van der Waals surface area contributed by atoms with Gasteiger partial charge in [0.1, 0.15) is 5.82 Å². The average molecular weight is 286 g/mol. The summed E-state index contributed by atoms with van der Waals surface area (Å²) in [6.45, 7) is 3.00. The number of fused-ring (bicyclic) bond motifs is 1. The maximum absolute atomic E-state index is 6.08. The molecule has 2 N–H and O–H groups in total. The molecular weight excluding hydrogens is 270 g/mol. The molecule has 3 aromatic rings. The van der Waals surface area contributed by atoms with Crippen LogP contribution in [0.2, 0.25) is 5.02 Å². The summed E-state index contributed by atoms with van der Waals surface area (Å²) in [6.07, 6.45) is 0.792. The van der Waals surface area contributed by atoms with Gasteiger partial charge in [0.05, 0.1) is 11.0 Å². The molecule has 0 spiro atoms. The van der Waals surface area contributed by atoms with E-state index in [-0.39, 0.29) is 0 Å². The third-order valence-electron chi connectivity index (χ3n) is 3.45. The summed E-state index contributed by atoms with van der Waals surface area (Å²) in [6, 6.07) is 13.7. The van der Waals surface area contributed by atoms with Gasteiger partial charge in [-0.25, -0.2) is 4.98 Å². The van der Waals surface area contributed by atoms with Crippen LogP contribution in [0.5, 0.6) is 0 Å². The van der Waals surface area contributed by atoms with Gasteiger partial charge in [-0.2, -0.15) is 0 Å². The molecule has 0 fully saturated rings. The fourth-order valence-electron chi connectivity index (χ4n) is 2.45. The van der Waals surface area contributed by atoms with E-state index in [1.165, 1.54) is 5.56 Å². The van der Waals surface area contributed by atoms with Crippen molar-refractivity contribution in [3.8, 4) is 0 Å². The Morgan fingerprint density at radius 3 is 2.60 bits per heavy atom. The van der Waals surface area contributed by atoms with Crippen LogP contribution in [0.25, 0.3) is 11.0 Å². The van der Waals surface area contributed by atoms with Crippen LogP contribution in [-0.2, 0) is 13.0 Å². The Bertz CT molecular complexity index is 744. The molecular formula is C16H16ClN3. The summed E-state index contributed by atoms with van der Waals surface area (Å²) in [4.78, 5) is 4.72. The van der Waals surface area contributed by atoms with E-state index in [2.05, 4.69) is 11.5 Å². The Hall–Kier alpha value is -2.00. The molecule has 0 saturated heterocycles. The Morgan fingerprint density at radius 2 is 1.90 bits per heavy atom. The predicted octanol–water partition coefficient (Wildman–Crippen LogP) is 3.88. The van der Waals surface area contributed by atoms with Crippen molar-refractivity contribution in [2.75, 3.05) is 5.73 Å². The molecule has 2 aromatic carbocycles. The third kappa shape index (κ3) is 2.37. The molecule has 0 aliphatic rings. The number of nitrogen functional groups attached to an aromatic ring is 1. The zero-order chi connectivity index (χ0) is 14.1. The van der Waals surface area contributed by atoms with Crippen LogP contribution >= 0.6 is 11.6 Å². The number of nitrogens with zero attached hydrogens (tertiary/aromatic N) is 2. The summed E-state index contributed by atoms with van der Waals surface area (Å²) in [5.41, 5.74) is 9.78. The maximum atomic E-state index is 6.08. The van der Waals surface area contributed by atoms with E-state index in [4.69, 9.17) is 22.3 Å². The van der Waals surface area contributed by atoms with Gasteiger partial charge >= 0.3 is 0 Å². The van der Waals surface area contributed by atoms with Crippen molar-refractivity contribution < 1.29 is 0 Å². The summed E-state index contributed by atoms with van der Waals surface area (Å²) < 4.78 is 2.21. The van der Waals surface area contributed by atoms with Crippen molar-refractivity contribution in [2.24, 2.45) is 0 Å². The number of halogens is 1. The molecule has 0 atom stereocenters. The highest BCUT2D eigenvalue weighted by molar-refractivity contribution is 6.31. The number of aromatic nitrogens is 2. The summed E-state index contributed by atoms with van der Waals surface area (Å²) in [5.74, 6) is 1.05. The Labute approximate surface area is 123 Å². The van der Waals surface area contributed by atoms with Gasteiger partial charge in [0.25, 0.3) is 0 Å². The minimum absolute atomic E-state index is 0.742. The van der Waals surface area contributed by atoms with Gasteiger partial charge in [-0.3, -0.25) is 0 Å². The monoisotopic (exact) mass is 285 g/mol. The largest absolute Gasteiger partial charge is 0.399 e. The molecule has 0 unspecified atom stereocenters. The van der Waals surface area contributed by atoms with Crippen molar-refractivity contribution in [1.82, 2.24) is 9.55 Å². The summed E-state index contributed by atoms with van der Waals surface area (Å²) >= 11 is 6.08. The SMILES string of the molecule is CCn1c(Cc2ccc(N)cc2)nc2ccc(Cl)cc21. The van der Waals surface area contributed by atoms with Crippen LogP contribution in [0, 0.1) is 0 Å². The van der Waals surface area contributed by atoms with Crippen molar-refractivity contribution in [2.45, 2.75) is 19.9 Å². The average Bonchev–Trinajstić information content (AvgIpc) is 2.78. The standard InChI is InChI=1S/C16H16ClN3/c1-2-20-15-10-12(17)5-8-14(15)19-16(20)9-11-3-6-13(18)7-4-11/h3-8,10H,2,9,18H2,1H3. The maximum Gasteiger partial charge on any atom is 0.114 e. The molecule has 3 nitrogen and oxygen atoms in total. The first-order valence-corrected chi connectivity index (χ1v) is 7.04. The number of hydrogen-bond donors (Lipinski definition) is 1. The lowest BCUT2D eigenvalue weighted by Gasteiger charge is -2.06. The van der Waals surface area contributed by atoms with Gasteiger partial charge in [0, 0.05) is 23.7 Å². The third-order valence-corrected chi connectivity index (χ3v) is 3.68. The molecule has 0 aliphatic heterocycles. The number of hydrogen-bond acceptors (Lipinski definition) is 2. The van der Waals surface area contributed by atoms with E-state index in [1.54, 1.807) is 0 Å². The molecule has 0 bridgehead atoms. The fourth-order valence-corrected chi connectivity index (χ4v) is 2.62. The predicted molar refractivity (Wildman–Crippen MR) is 84.1 cm³/mol. The molecule has 20 heavy (non-hydrogen) atoms. The van der Waals surface area contributed by atoms with Crippen LogP contribution in [-0.4, -0.2) is 9.55 Å². The molecule has 102 valence electrons. The van der Waals surface area contributed by atoms with Crippen LogP contribution in [0.4, 0.5) is 5.69 Å². The van der Waals surface area contributed by atoms with Gasteiger partial charge in [0.2, 0.25) is 0 Å². The Balaban J connectivity index is 2.04. The second kappa shape index (κ2) is 5.17. The van der Waals surface area contributed by atoms with Crippen molar-refractivity contribution in [3.63, 3.8) is 0 Å². The Morgan fingerprint density at radius 1 is 1.15 bits per heavy atom. The molecule has 0 amide bonds. The highest BCUT2D eigenvalue weighted by atomic mass is 35.5. The minimum Gasteiger partial charge on any atom is -0.399 e. The smallest absolute Gasteiger partial charge is 0.114 e. The van der Waals surface area contributed by atoms with E-state index in [9.17, 15) is 0 Å². The van der Waals surface area contributed by atoms with E-state index < -0.39 is 0 Å².